The van der Waals surface area contributed by atoms with Crippen molar-refractivity contribution in [2.75, 3.05) is 32.7 Å². The van der Waals surface area contributed by atoms with Crippen molar-refractivity contribution in [3.05, 3.63) is 12.7 Å². The molecular formula is C13H25N3. The van der Waals surface area contributed by atoms with E-state index in [0.717, 1.165) is 12.5 Å². The van der Waals surface area contributed by atoms with Gasteiger partial charge in [-0.3, -0.25) is 4.90 Å². The number of likely N-dealkylation sites (tertiary alicyclic amines) is 2. The fourth-order valence-corrected chi connectivity index (χ4v) is 2.87. The molecular weight excluding hydrogens is 198 g/mol. The van der Waals surface area contributed by atoms with Crippen LogP contribution in [0.5, 0.6) is 0 Å². The number of piperidine rings is 1. The summed E-state index contributed by atoms with van der Waals surface area (Å²) in [5.41, 5.74) is 5.94. The van der Waals surface area contributed by atoms with Crippen LogP contribution in [0.25, 0.3) is 0 Å². The maximum Gasteiger partial charge on any atom is 0.0235 e. The molecule has 2 rings (SSSR count). The number of nitrogens with zero attached hydrogens (tertiary/aromatic N) is 2. The van der Waals surface area contributed by atoms with E-state index < -0.39 is 0 Å². The SMILES string of the molecule is C=CCCN1CCC(N2CCC(N)CC2)C1. The zero-order valence-corrected chi connectivity index (χ0v) is 10.3. The van der Waals surface area contributed by atoms with Crippen molar-refractivity contribution < 1.29 is 0 Å². The minimum atomic E-state index is 0.453. The molecule has 0 radical (unpaired) electrons. The molecule has 3 nitrogen and oxygen atoms in total. The molecule has 0 bridgehead atoms. The van der Waals surface area contributed by atoms with Crippen molar-refractivity contribution in [2.24, 2.45) is 5.73 Å². The van der Waals surface area contributed by atoms with Crippen LogP contribution in [0.1, 0.15) is 25.7 Å². The lowest BCUT2D eigenvalue weighted by atomic mass is 10.0. The van der Waals surface area contributed by atoms with Crippen LogP contribution < -0.4 is 5.73 Å². The van der Waals surface area contributed by atoms with Gasteiger partial charge in [-0.15, -0.1) is 6.58 Å². The molecule has 2 saturated heterocycles. The number of nitrogens with two attached hydrogens (primary N) is 1. The van der Waals surface area contributed by atoms with Crippen molar-refractivity contribution in [3.63, 3.8) is 0 Å². The second-order valence-corrected chi connectivity index (χ2v) is 5.19. The van der Waals surface area contributed by atoms with Crippen LogP contribution in [0.4, 0.5) is 0 Å². The molecule has 0 saturated carbocycles. The van der Waals surface area contributed by atoms with Gasteiger partial charge < -0.3 is 10.6 Å². The molecule has 1 unspecified atom stereocenters. The molecule has 0 aromatic carbocycles. The van der Waals surface area contributed by atoms with Gasteiger partial charge in [0.15, 0.2) is 0 Å². The summed E-state index contributed by atoms with van der Waals surface area (Å²) in [6, 6.07) is 1.24. The van der Waals surface area contributed by atoms with E-state index >= 15 is 0 Å². The van der Waals surface area contributed by atoms with Gasteiger partial charge in [-0.05, 0) is 45.3 Å². The topological polar surface area (TPSA) is 32.5 Å². The van der Waals surface area contributed by atoms with Gasteiger partial charge in [0.2, 0.25) is 0 Å². The third kappa shape index (κ3) is 3.06. The van der Waals surface area contributed by atoms with Gasteiger partial charge in [0.05, 0.1) is 0 Å². The highest BCUT2D eigenvalue weighted by Crippen LogP contribution is 2.19. The van der Waals surface area contributed by atoms with Crippen LogP contribution in [0, 0.1) is 0 Å². The average Bonchev–Trinajstić information content (AvgIpc) is 2.76. The first kappa shape index (κ1) is 12.1. The van der Waals surface area contributed by atoms with Gasteiger partial charge in [0, 0.05) is 25.2 Å². The van der Waals surface area contributed by atoms with E-state index in [1.807, 2.05) is 6.08 Å². The lowest BCUT2D eigenvalue weighted by molar-refractivity contribution is 0.152. The molecule has 0 aliphatic carbocycles. The summed E-state index contributed by atoms with van der Waals surface area (Å²) in [6.45, 7) is 9.91. The standard InChI is InChI=1S/C13H25N3/c1-2-3-7-15-8-6-13(11-15)16-9-4-12(14)5-10-16/h2,12-13H,1,3-11,14H2. The summed E-state index contributed by atoms with van der Waals surface area (Å²) in [5, 5.41) is 0. The molecule has 0 spiro atoms. The van der Waals surface area contributed by atoms with Crippen LogP contribution >= 0.6 is 0 Å². The van der Waals surface area contributed by atoms with E-state index in [9.17, 15) is 0 Å². The normalized spacial score (nSPS) is 29.7. The fraction of sp³-hybridized carbons (Fsp3) is 0.846. The van der Waals surface area contributed by atoms with Crippen molar-refractivity contribution in [1.82, 2.24) is 9.80 Å². The molecule has 2 aliphatic heterocycles. The van der Waals surface area contributed by atoms with Gasteiger partial charge >= 0.3 is 0 Å². The molecule has 16 heavy (non-hydrogen) atoms. The van der Waals surface area contributed by atoms with Crippen molar-refractivity contribution in [2.45, 2.75) is 37.8 Å². The summed E-state index contributed by atoms with van der Waals surface area (Å²) in [6.07, 6.45) is 6.85. The maximum absolute atomic E-state index is 5.94. The van der Waals surface area contributed by atoms with Crippen molar-refractivity contribution >= 4 is 0 Å². The van der Waals surface area contributed by atoms with E-state index in [1.165, 1.54) is 52.0 Å². The predicted octanol–water partition coefficient (Wildman–Crippen LogP) is 1.06. The molecule has 0 amide bonds. The van der Waals surface area contributed by atoms with Gasteiger partial charge in [-0.25, -0.2) is 0 Å². The molecule has 2 N–H and O–H groups in total. The summed E-state index contributed by atoms with van der Waals surface area (Å²) in [5.74, 6) is 0. The minimum absolute atomic E-state index is 0.453. The first-order valence-corrected chi connectivity index (χ1v) is 6.62. The Labute approximate surface area is 99.3 Å². The Bertz CT molecular complexity index is 221. The smallest absolute Gasteiger partial charge is 0.0235 e. The highest BCUT2D eigenvalue weighted by Gasteiger charge is 2.29. The highest BCUT2D eigenvalue weighted by atomic mass is 15.3. The molecule has 2 heterocycles. The summed E-state index contributed by atoms with van der Waals surface area (Å²) >= 11 is 0. The van der Waals surface area contributed by atoms with Crippen LogP contribution in [0.15, 0.2) is 12.7 Å². The van der Waals surface area contributed by atoms with E-state index in [1.54, 1.807) is 0 Å². The van der Waals surface area contributed by atoms with Gasteiger partial charge in [0.1, 0.15) is 0 Å². The second kappa shape index (κ2) is 5.80. The quantitative estimate of drug-likeness (QED) is 0.723. The van der Waals surface area contributed by atoms with Gasteiger partial charge in [-0.1, -0.05) is 6.08 Å². The first-order chi connectivity index (χ1) is 7.79. The van der Waals surface area contributed by atoms with Crippen molar-refractivity contribution in [1.29, 1.82) is 0 Å². The number of rotatable bonds is 4. The van der Waals surface area contributed by atoms with Crippen molar-refractivity contribution in [3.8, 4) is 0 Å². The number of hydrogen-bond acceptors (Lipinski definition) is 3. The Hall–Kier alpha value is -0.380. The Morgan fingerprint density at radius 1 is 1.19 bits per heavy atom. The summed E-state index contributed by atoms with van der Waals surface area (Å²) in [7, 11) is 0. The molecule has 0 aromatic heterocycles. The predicted molar refractivity (Wildman–Crippen MR) is 68.4 cm³/mol. The zero-order chi connectivity index (χ0) is 11.4. The Balaban J connectivity index is 1.73. The first-order valence-electron chi connectivity index (χ1n) is 6.62. The molecule has 1 atom stereocenters. The van der Waals surface area contributed by atoms with E-state index in [2.05, 4.69) is 16.4 Å². The molecule has 2 fully saturated rings. The lowest BCUT2D eigenvalue weighted by Crippen LogP contribution is -2.46. The number of hydrogen-bond donors (Lipinski definition) is 1. The van der Waals surface area contributed by atoms with E-state index in [4.69, 9.17) is 5.73 Å². The molecule has 2 aliphatic rings. The maximum atomic E-state index is 5.94. The van der Waals surface area contributed by atoms with E-state index in [0.29, 0.717) is 6.04 Å². The van der Waals surface area contributed by atoms with Crippen LogP contribution in [-0.4, -0.2) is 54.6 Å². The molecule has 0 aromatic rings. The van der Waals surface area contributed by atoms with Gasteiger partial charge in [0.25, 0.3) is 0 Å². The third-order valence-electron chi connectivity index (χ3n) is 3.99. The monoisotopic (exact) mass is 223 g/mol. The summed E-state index contributed by atoms with van der Waals surface area (Å²) < 4.78 is 0. The van der Waals surface area contributed by atoms with Crippen LogP contribution in [0.3, 0.4) is 0 Å². The van der Waals surface area contributed by atoms with Gasteiger partial charge in [-0.2, -0.15) is 0 Å². The van der Waals surface area contributed by atoms with E-state index in [-0.39, 0.29) is 0 Å². The minimum Gasteiger partial charge on any atom is -0.328 e. The Morgan fingerprint density at radius 3 is 2.62 bits per heavy atom. The van der Waals surface area contributed by atoms with Crippen LogP contribution in [0.2, 0.25) is 0 Å². The second-order valence-electron chi connectivity index (χ2n) is 5.19. The molecule has 3 heteroatoms. The Morgan fingerprint density at radius 2 is 1.94 bits per heavy atom. The Kier molecular flexibility index (Phi) is 4.38. The van der Waals surface area contributed by atoms with Crippen LogP contribution in [-0.2, 0) is 0 Å². The highest BCUT2D eigenvalue weighted by molar-refractivity contribution is 4.87. The largest absolute Gasteiger partial charge is 0.328 e. The average molecular weight is 223 g/mol. The lowest BCUT2D eigenvalue weighted by Gasteiger charge is -2.34. The fourth-order valence-electron chi connectivity index (χ4n) is 2.87. The summed E-state index contributed by atoms with van der Waals surface area (Å²) in [4.78, 5) is 5.22. The third-order valence-corrected chi connectivity index (χ3v) is 3.99. The molecule has 92 valence electrons. The zero-order valence-electron chi connectivity index (χ0n) is 10.3.